The van der Waals surface area contributed by atoms with Crippen LogP contribution >= 0.6 is 11.3 Å². The van der Waals surface area contributed by atoms with Crippen LogP contribution in [0.4, 0.5) is 0 Å². The second-order valence-electron chi connectivity index (χ2n) is 6.78. The molecule has 164 valence electrons. The number of nitrogens with one attached hydrogen (secondary N) is 1. The molecule has 0 unspecified atom stereocenters. The summed E-state index contributed by atoms with van der Waals surface area (Å²) < 4.78 is 37.1. The van der Waals surface area contributed by atoms with E-state index in [0.717, 1.165) is 11.3 Å². The quantitative estimate of drug-likeness (QED) is 0.495. The Bertz CT molecular complexity index is 1080. The number of carbonyl (C=O) groups is 1. The normalized spacial score (nSPS) is 12.2. The zero-order valence-corrected chi connectivity index (χ0v) is 19.0. The highest BCUT2D eigenvalue weighted by Crippen LogP contribution is 2.32. The molecule has 0 saturated heterocycles. The van der Waals surface area contributed by atoms with Crippen LogP contribution in [0.3, 0.4) is 0 Å². The summed E-state index contributed by atoms with van der Waals surface area (Å²) in [6.07, 6.45) is 0.159. The van der Waals surface area contributed by atoms with Gasteiger partial charge in [0.2, 0.25) is 5.91 Å². The lowest BCUT2D eigenvalue weighted by Crippen LogP contribution is -2.32. The summed E-state index contributed by atoms with van der Waals surface area (Å²) in [6, 6.07) is 17.1. The molecule has 31 heavy (non-hydrogen) atoms. The molecule has 0 aliphatic rings. The van der Waals surface area contributed by atoms with E-state index in [4.69, 9.17) is 9.47 Å². The summed E-state index contributed by atoms with van der Waals surface area (Å²) in [6.45, 7) is 2.47. The highest BCUT2D eigenvalue weighted by molar-refractivity contribution is 7.91. The molecule has 0 radical (unpaired) electrons. The van der Waals surface area contributed by atoms with Gasteiger partial charge in [-0.3, -0.25) is 4.79 Å². The molecule has 6 nitrogen and oxygen atoms in total. The minimum absolute atomic E-state index is 0.00919. The fraction of sp³-hybridized carbons (Fsp3) is 0.261. The molecule has 1 amide bonds. The summed E-state index contributed by atoms with van der Waals surface area (Å²) >= 11 is 1.35. The molecule has 1 atom stereocenters. The van der Waals surface area contributed by atoms with Crippen molar-refractivity contribution in [3.63, 3.8) is 0 Å². The van der Waals surface area contributed by atoms with Gasteiger partial charge in [0.05, 0.1) is 25.0 Å². The predicted octanol–water partition coefficient (Wildman–Crippen LogP) is 4.03. The summed E-state index contributed by atoms with van der Waals surface area (Å²) in [7, 11) is -2.18. The zero-order chi connectivity index (χ0) is 22.3. The molecule has 0 aliphatic carbocycles. The molecular weight excluding hydrogens is 434 g/mol. The Morgan fingerprint density at radius 1 is 1.03 bits per heavy atom. The fourth-order valence-corrected chi connectivity index (χ4v) is 5.88. The molecule has 2 aromatic carbocycles. The van der Waals surface area contributed by atoms with Gasteiger partial charge in [-0.05, 0) is 60.3 Å². The van der Waals surface area contributed by atoms with Gasteiger partial charge in [0, 0.05) is 11.4 Å². The van der Waals surface area contributed by atoms with Gasteiger partial charge in [-0.2, -0.15) is 0 Å². The first-order valence-electron chi connectivity index (χ1n) is 9.84. The molecule has 1 heterocycles. The minimum Gasteiger partial charge on any atom is -0.497 e. The predicted molar refractivity (Wildman–Crippen MR) is 122 cm³/mol. The van der Waals surface area contributed by atoms with E-state index in [1.807, 2.05) is 36.6 Å². The SMILES string of the molecule is CCOc1ccc(CC(=O)NC[C@H](c2cccs2)S(=O)(=O)c2ccc(OC)cc2)cc1. The summed E-state index contributed by atoms with van der Waals surface area (Å²) in [5.74, 6) is 1.08. The molecule has 0 spiro atoms. The van der Waals surface area contributed by atoms with E-state index in [0.29, 0.717) is 17.2 Å². The van der Waals surface area contributed by atoms with Crippen LogP contribution in [0.25, 0.3) is 0 Å². The number of rotatable bonds is 10. The monoisotopic (exact) mass is 459 g/mol. The highest BCUT2D eigenvalue weighted by Gasteiger charge is 2.30. The van der Waals surface area contributed by atoms with Crippen molar-refractivity contribution in [2.75, 3.05) is 20.3 Å². The molecular formula is C23H25NO5S2. The first-order valence-corrected chi connectivity index (χ1v) is 12.3. The maximum Gasteiger partial charge on any atom is 0.224 e. The number of ether oxygens (including phenoxy) is 2. The number of amides is 1. The van der Waals surface area contributed by atoms with Crippen LogP contribution in [-0.4, -0.2) is 34.6 Å². The van der Waals surface area contributed by atoms with E-state index < -0.39 is 15.1 Å². The van der Waals surface area contributed by atoms with E-state index >= 15 is 0 Å². The smallest absolute Gasteiger partial charge is 0.224 e. The maximum absolute atomic E-state index is 13.3. The Labute approximate surface area is 186 Å². The molecule has 8 heteroatoms. The topological polar surface area (TPSA) is 81.7 Å². The van der Waals surface area contributed by atoms with Gasteiger partial charge in [-0.1, -0.05) is 18.2 Å². The van der Waals surface area contributed by atoms with Crippen molar-refractivity contribution in [1.82, 2.24) is 5.32 Å². The van der Waals surface area contributed by atoms with E-state index in [1.165, 1.54) is 30.6 Å². The van der Waals surface area contributed by atoms with E-state index in [2.05, 4.69) is 5.32 Å². The van der Waals surface area contributed by atoms with Crippen molar-refractivity contribution in [1.29, 1.82) is 0 Å². The third-order valence-electron chi connectivity index (χ3n) is 4.71. The second kappa shape index (κ2) is 10.5. The van der Waals surface area contributed by atoms with Crippen molar-refractivity contribution in [3.8, 4) is 11.5 Å². The summed E-state index contributed by atoms with van der Waals surface area (Å²) in [5.41, 5.74) is 0.826. The largest absolute Gasteiger partial charge is 0.497 e. The Morgan fingerprint density at radius 3 is 2.29 bits per heavy atom. The number of sulfone groups is 1. The summed E-state index contributed by atoms with van der Waals surface area (Å²) in [5, 5.41) is 3.75. The van der Waals surface area contributed by atoms with Crippen molar-refractivity contribution in [3.05, 3.63) is 76.5 Å². The summed E-state index contributed by atoms with van der Waals surface area (Å²) in [4.78, 5) is 13.4. The van der Waals surface area contributed by atoms with E-state index in [1.54, 1.807) is 24.3 Å². The van der Waals surface area contributed by atoms with Gasteiger partial charge in [0.25, 0.3) is 0 Å². The van der Waals surface area contributed by atoms with Gasteiger partial charge in [0.15, 0.2) is 9.84 Å². The lowest BCUT2D eigenvalue weighted by molar-refractivity contribution is -0.120. The lowest BCUT2D eigenvalue weighted by Gasteiger charge is -2.18. The maximum atomic E-state index is 13.3. The van der Waals surface area contributed by atoms with Crippen LogP contribution in [0.1, 0.15) is 22.6 Å². The Kier molecular flexibility index (Phi) is 7.70. The number of hydrogen-bond acceptors (Lipinski definition) is 6. The Morgan fingerprint density at radius 2 is 1.71 bits per heavy atom. The first kappa shape index (κ1) is 22.8. The van der Waals surface area contributed by atoms with Crippen LogP contribution in [-0.2, 0) is 21.1 Å². The molecule has 0 saturated carbocycles. The van der Waals surface area contributed by atoms with Gasteiger partial charge in [-0.15, -0.1) is 11.3 Å². The van der Waals surface area contributed by atoms with Crippen LogP contribution in [0.15, 0.2) is 70.9 Å². The molecule has 3 aromatic rings. The number of thiophene rings is 1. The van der Waals surface area contributed by atoms with E-state index in [-0.39, 0.29) is 23.8 Å². The van der Waals surface area contributed by atoms with Gasteiger partial charge >= 0.3 is 0 Å². The molecule has 0 fully saturated rings. The fourth-order valence-electron chi connectivity index (χ4n) is 3.09. The van der Waals surface area contributed by atoms with Crippen molar-refractivity contribution >= 4 is 27.1 Å². The second-order valence-corrected chi connectivity index (χ2v) is 9.89. The average Bonchev–Trinajstić information content (AvgIpc) is 3.30. The van der Waals surface area contributed by atoms with Crippen molar-refractivity contribution < 1.29 is 22.7 Å². The third kappa shape index (κ3) is 5.86. The molecule has 1 aromatic heterocycles. The van der Waals surface area contributed by atoms with Crippen LogP contribution < -0.4 is 14.8 Å². The van der Waals surface area contributed by atoms with Gasteiger partial charge in [-0.25, -0.2) is 8.42 Å². The Hall–Kier alpha value is -2.84. The average molecular weight is 460 g/mol. The van der Waals surface area contributed by atoms with Gasteiger partial charge in [0.1, 0.15) is 16.7 Å². The van der Waals surface area contributed by atoms with Crippen LogP contribution in [0, 0.1) is 0 Å². The number of benzene rings is 2. The highest BCUT2D eigenvalue weighted by atomic mass is 32.2. The first-order chi connectivity index (χ1) is 14.9. The van der Waals surface area contributed by atoms with Crippen molar-refractivity contribution in [2.24, 2.45) is 0 Å². The standard InChI is InChI=1S/C23H25NO5S2/c1-3-29-19-8-6-17(7-9-19)15-23(25)24-16-22(21-5-4-14-30-21)31(26,27)20-12-10-18(28-2)11-13-20/h4-14,22H,3,15-16H2,1-2H3,(H,24,25)/t22-/m1/s1. The van der Waals surface area contributed by atoms with Crippen molar-refractivity contribution in [2.45, 2.75) is 23.5 Å². The molecule has 0 aliphatic heterocycles. The number of carbonyl (C=O) groups excluding carboxylic acids is 1. The van der Waals surface area contributed by atoms with Crippen LogP contribution in [0.5, 0.6) is 11.5 Å². The number of methoxy groups -OCH3 is 1. The zero-order valence-electron chi connectivity index (χ0n) is 17.4. The lowest BCUT2D eigenvalue weighted by atomic mass is 10.1. The number of hydrogen-bond donors (Lipinski definition) is 1. The molecule has 3 rings (SSSR count). The van der Waals surface area contributed by atoms with E-state index in [9.17, 15) is 13.2 Å². The van der Waals surface area contributed by atoms with Crippen LogP contribution in [0.2, 0.25) is 0 Å². The molecule has 1 N–H and O–H groups in total. The molecule has 0 bridgehead atoms. The third-order valence-corrected chi connectivity index (χ3v) is 7.94. The Balaban J connectivity index is 1.72. The van der Waals surface area contributed by atoms with Gasteiger partial charge < -0.3 is 14.8 Å². The minimum atomic E-state index is -3.71.